The Kier molecular flexibility index (Phi) is 8.56. The minimum atomic E-state index is -0.438. The van der Waals surface area contributed by atoms with Crippen LogP contribution in [0.25, 0.3) is 10.9 Å². The Labute approximate surface area is 243 Å². The van der Waals surface area contributed by atoms with Crippen molar-refractivity contribution in [2.75, 3.05) is 19.0 Å². The molecule has 39 heavy (non-hydrogen) atoms. The van der Waals surface area contributed by atoms with Crippen LogP contribution in [0.4, 0.5) is 5.69 Å². The Morgan fingerprint density at radius 1 is 1.13 bits per heavy atom. The molecule has 0 spiro atoms. The van der Waals surface area contributed by atoms with Crippen molar-refractivity contribution in [2.45, 2.75) is 33.1 Å². The second kappa shape index (κ2) is 11.7. The minimum Gasteiger partial charge on any atom is -0.493 e. The van der Waals surface area contributed by atoms with E-state index >= 15 is 0 Å². The quantitative estimate of drug-likeness (QED) is 0.231. The monoisotopic (exact) mass is 654 g/mol. The van der Waals surface area contributed by atoms with Gasteiger partial charge in [-0.3, -0.25) is 9.59 Å². The topological polar surface area (TPSA) is 94.8 Å². The predicted octanol–water partition coefficient (Wildman–Crippen LogP) is 6.44. The van der Waals surface area contributed by atoms with Crippen molar-refractivity contribution in [2.24, 2.45) is 5.10 Å². The number of anilines is 1. The molecule has 0 saturated heterocycles. The third-order valence-corrected chi connectivity index (χ3v) is 6.90. The molecule has 4 aromatic rings. The maximum Gasteiger partial charge on any atom is 0.282 e. The van der Waals surface area contributed by atoms with Crippen molar-refractivity contribution in [1.82, 2.24) is 9.66 Å². The highest BCUT2D eigenvalue weighted by atomic mass is 79.9. The molecular formula is C29H28Br2N4O4. The highest BCUT2D eigenvalue weighted by molar-refractivity contribution is 9.10. The first-order valence-electron chi connectivity index (χ1n) is 12.1. The molecule has 0 fully saturated rings. The summed E-state index contributed by atoms with van der Waals surface area (Å²) in [5, 5.41) is 7.82. The van der Waals surface area contributed by atoms with Gasteiger partial charge in [0, 0.05) is 15.6 Å². The van der Waals surface area contributed by atoms with Gasteiger partial charge in [-0.25, -0.2) is 4.98 Å². The SMILES string of the molecule is COc1cc(C=Nn2c(C(C)(C)C)nc3ccc(Br)cc3c2=O)cc(Br)c1OCC(=O)Nc1ccccc1C. The molecule has 0 aliphatic carbocycles. The van der Waals surface area contributed by atoms with E-state index in [1.807, 2.05) is 64.1 Å². The number of benzene rings is 3. The van der Waals surface area contributed by atoms with Gasteiger partial charge < -0.3 is 14.8 Å². The Bertz CT molecular complexity index is 1640. The molecule has 0 unspecified atom stereocenters. The van der Waals surface area contributed by atoms with E-state index in [2.05, 4.69) is 42.3 Å². The first-order chi connectivity index (χ1) is 18.5. The zero-order valence-corrected chi connectivity index (χ0v) is 25.4. The number of aryl methyl sites for hydroxylation is 1. The first kappa shape index (κ1) is 28.5. The number of para-hydroxylation sites is 1. The number of amides is 1. The summed E-state index contributed by atoms with van der Waals surface area (Å²) in [4.78, 5) is 30.6. The van der Waals surface area contributed by atoms with Crippen LogP contribution < -0.4 is 20.3 Å². The van der Waals surface area contributed by atoms with Gasteiger partial charge in [0.1, 0.15) is 5.82 Å². The highest BCUT2D eigenvalue weighted by Crippen LogP contribution is 2.36. The number of fused-ring (bicyclic) bond motifs is 1. The summed E-state index contributed by atoms with van der Waals surface area (Å²) in [6, 6.07) is 16.4. The van der Waals surface area contributed by atoms with E-state index in [-0.39, 0.29) is 18.1 Å². The molecule has 0 bridgehead atoms. The van der Waals surface area contributed by atoms with Gasteiger partial charge in [-0.1, -0.05) is 54.9 Å². The van der Waals surface area contributed by atoms with Crippen LogP contribution in [0, 0.1) is 6.92 Å². The lowest BCUT2D eigenvalue weighted by Crippen LogP contribution is -2.29. The van der Waals surface area contributed by atoms with E-state index in [0.29, 0.717) is 38.3 Å². The van der Waals surface area contributed by atoms with Gasteiger partial charge in [0.25, 0.3) is 11.5 Å². The van der Waals surface area contributed by atoms with Gasteiger partial charge in [-0.15, -0.1) is 0 Å². The molecule has 202 valence electrons. The minimum absolute atomic E-state index is 0.209. The maximum atomic E-state index is 13.4. The summed E-state index contributed by atoms with van der Waals surface area (Å²) in [5.74, 6) is 1.01. The number of ether oxygens (including phenoxy) is 2. The molecule has 8 nitrogen and oxygen atoms in total. The lowest BCUT2D eigenvalue weighted by molar-refractivity contribution is -0.118. The van der Waals surface area contributed by atoms with E-state index in [1.54, 1.807) is 24.4 Å². The Morgan fingerprint density at radius 2 is 1.87 bits per heavy atom. The van der Waals surface area contributed by atoms with Crippen molar-refractivity contribution in [3.63, 3.8) is 0 Å². The molecule has 3 aromatic carbocycles. The molecule has 1 heterocycles. The lowest BCUT2D eigenvalue weighted by atomic mass is 9.95. The fourth-order valence-electron chi connectivity index (χ4n) is 3.86. The fourth-order valence-corrected chi connectivity index (χ4v) is 4.79. The molecule has 4 rings (SSSR count). The first-order valence-corrected chi connectivity index (χ1v) is 13.7. The average molecular weight is 656 g/mol. The summed E-state index contributed by atoms with van der Waals surface area (Å²) in [6.07, 6.45) is 1.56. The number of carbonyl (C=O) groups is 1. The molecule has 0 aliphatic rings. The number of carbonyl (C=O) groups excluding carboxylic acids is 1. The number of nitrogens with one attached hydrogen (secondary N) is 1. The van der Waals surface area contributed by atoms with Crippen LogP contribution in [0.1, 0.15) is 37.7 Å². The molecule has 1 N–H and O–H groups in total. The predicted molar refractivity (Wildman–Crippen MR) is 161 cm³/mol. The second-order valence-electron chi connectivity index (χ2n) is 9.89. The zero-order chi connectivity index (χ0) is 28.3. The molecule has 10 heteroatoms. The van der Waals surface area contributed by atoms with E-state index in [1.165, 1.54) is 11.8 Å². The summed E-state index contributed by atoms with van der Waals surface area (Å²) in [7, 11) is 1.51. The second-order valence-corrected chi connectivity index (χ2v) is 11.7. The largest absolute Gasteiger partial charge is 0.493 e. The smallest absolute Gasteiger partial charge is 0.282 e. The number of nitrogens with zero attached hydrogens (tertiary/aromatic N) is 3. The fraction of sp³-hybridized carbons (Fsp3) is 0.241. The Balaban J connectivity index is 1.62. The Hall–Kier alpha value is -3.50. The average Bonchev–Trinajstić information content (AvgIpc) is 2.88. The number of hydrogen-bond donors (Lipinski definition) is 1. The van der Waals surface area contributed by atoms with Crippen LogP contribution in [0.2, 0.25) is 0 Å². The maximum absolute atomic E-state index is 13.4. The van der Waals surface area contributed by atoms with Crippen molar-refractivity contribution in [3.8, 4) is 11.5 Å². The molecule has 0 aliphatic heterocycles. The van der Waals surface area contributed by atoms with Crippen LogP contribution >= 0.6 is 31.9 Å². The number of rotatable bonds is 7. The summed E-state index contributed by atoms with van der Waals surface area (Å²) in [5.41, 5.74) is 2.23. The molecule has 1 amide bonds. The summed E-state index contributed by atoms with van der Waals surface area (Å²) >= 11 is 6.94. The van der Waals surface area contributed by atoms with Crippen LogP contribution in [0.3, 0.4) is 0 Å². The summed E-state index contributed by atoms with van der Waals surface area (Å²) < 4.78 is 14.0. The van der Waals surface area contributed by atoms with E-state index in [4.69, 9.17) is 14.5 Å². The van der Waals surface area contributed by atoms with Gasteiger partial charge in [0.05, 0.1) is 28.7 Å². The van der Waals surface area contributed by atoms with E-state index in [9.17, 15) is 9.59 Å². The van der Waals surface area contributed by atoms with E-state index < -0.39 is 5.41 Å². The molecule has 0 atom stereocenters. The van der Waals surface area contributed by atoms with Gasteiger partial charge in [-0.2, -0.15) is 9.78 Å². The van der Waals surface area contributed by atoms with E-state index in [0.717, 1.165) is 15.7 Å². The molecule has 0 saturated carbocycles. The molecular weight excluding hydrogens is 628 g/mol. The number of methoxy groups -OCH3 is 1. The normalized spacial score (nSPS) is 11.7. The standard InChI is InChI=1S/C29H28Br2N4O4/c1-17-8-6-7-9-22(17)33-25(36)16-39-26-21(31)12-18(13-24(26)38-5)15-32-35-27(37)20-14-19(30)10-11-23(20)34-28(35)29(2,3)4/h6-15H,16H2,1-5H3,(H,33,36). The Morgan fingerprint density at radius 3 is 2.56 bits per heavy atom. The molecule has 0 radical (unpaired) electrons. The third kappa shape index (κ3) is 6.57. The van der Waals surface area contributed by atoms with Crippen LogP contribution in [0.5, 0.6) is 11.5 Å². The summed E-state index contributed by atoms with van der Waals surface area (Å²) in [6.45, 7) is 7.65. The van der Waals surface area contributed by atoms with Crippen molar-refractivity contribution < 1.29 is 14.3 Å². The van der Waals surface area contributed by atoms with Crippen LogP contribution in [-0.2, 0) is 10.2 Å². The third-order valence-electron chi connectivity index (χ3n) is 5.82. The van der Waals surface area contributed by atoms with Gasteiger partial charge in [0.2, 0.25) is 0 Å². The highest BCUT2D eigenvalue weighted by Gasteiger charge is 2.23. The van der Waals surface area contributed by atoms with Crippen LogP contribution in [-0.4, -0.2) is 35.5 Å². The molecule has 1 aromatic heterocycles. The lowest BCUT2D eigenvalue weighted by Gasteiger charge is -2.21. The van der Waals surface area contributed by atoms with Gasteiger partial charge >= 0.3 is 0 Å². The van der Waals surface area contributed by atoms with Gasteiger partial charge in [0.15, 0.2) is 18.1 Å². The number of aromatic nitrogens is 2. The van der Waals surface area contributed by atoms with Crippen molar-refractivity contribution in [1.29, 1.82) is 0 Å². The number of halogens is 2. The van der Waals surface area contributed by atoms with Crippen molar-refractivity contribution >= 4 is 60.6 Å². The zero-order valence-electron chi connectivity index (χ0n) is 22.2. The number of hydrogen-bond acceptors (Lipinski definition) is 6. The van der Waals surface area contributed by atoms with Gasteiger partial charge in [-0.05, 0) is 70.4 Å². The van der Waals surface area contributed by atoms with Crippen molar-refractivity contribution in [3.05, 3.63) is 90.8 Å². The van der Waals surface area contributed by atoms with Crippen LogP contribution in [0.15, 0.2) is 73.4 Å².